The van der Waals surface area contributed by atoms with E-state index in [1.807, 2.05) is 55.6 Å². The lowest BCUT2D eigenvalue weighted by molar-refractivity contribution is 0.0940. The summed E-state index contributed by atoms with van der Waals surface area (Å²) in [5.41, 5.74) is 3.91. The lowest BCUT2D eigenvalue weighted by atomic mass is 10.1. The highest BCUT2D eigenvalue weighted by Gasteiger charge is 2.13. The number of nitrogens with one attached hydrogen (secondary N) is 2. The molecule has 0 aliphatic heterocycles. The minimum atomic E-state index is -0.300. The molecule has 0 aliphatic carbocycles. The Labute approximate surface area is 190 Å². The average molecular weight is 436 g/mol. The smallest absolute Gasteiger partial charge is 0.251 e. The van der Waals surface area contributed by atoms with Crippen LogP contribution in [0.15, 0.2) is 91.3 Å². The highest BCUT2D eigenvalue weighted by molar-refractivity contribution is 5.95. The van der Waals surface area contributed by atoms with Gasteiger partial charge in [0.2, 0.25) is 0 Å². The molecule has 0 saturated heterocycles. The molecule has 3 aromatic carbocycles. The summed E-state index contributed by atoms with van der Waals surface area (Å²) in [5.74, 6) is 0.195. The van der Waals surface area contributed by atoms with Gasteiger partial charge in [-0.25, -0.2) is 9.37 Å². The zero-order chi connectivity index (χ0) is 22.8. The number of carbonyl (C=O) groups excluding carboxylic acids is 1. The van der Waals surface area contributed by atoms with Crippen LogP contribution in [-0.2, 0) is 0 Å². The van der Waals surface area contributed by atoms with Gasteiger partial charge in [0, 0.05) is 17.1 Å². The number of imidazole rings is 1. The highest BCUT2D eigenvalue weighted by atomic mass is 19.1. The Kier molecular flexibility index (Phi) is 5.40. The maximum absolute atomic E-state index is 13.1. The van der Waals surface area contributed by atoms with E-state index in [0.29, 0.717) is 11.4 Å². The maximum atomic E-state index is 13.1. The predicted octanol–water partition coefficient (Wildman–Crippen LogP) is 5.92. The summed E-state index contributed by atoms with van der Waals surface area (Å²) in [6.07, 6.45) is 3.60. The molecule has 1 atom stereocenters. The number of aromatic amines is 1. The molecule has 5 rings (SSSR count). The number of carbonyl (C=O) groups is 1. The van der Waals surface area contributed by atoms with Crippen LogP contribution in [0.5, 0.6) is 0 Å². The van der Waals surface area contributed by atoms with Crippen LogP contribution < -0.4 is 5.32 Å². The number of hydrogen-bond acceptors (Lipinski definition) is 3. The molecular formula is C27H21FN4O. The first-order valence-corrected chi connectivity index (χ1v) is 10.6. The second kappa shape index (κ2) is 8.67. The van der Waals surface area contributed by atoms with Gasteiger partial charge in [-0.1, -0.05) is 48.5 Å². The molecule has 0 unspecified atom stereocenters. The van der Waals surface area contributed by atoms with E-state index >= 15 is 0 Å². The third-order valence-corrected chi connectivity index (χ3v) is 5.63. The SMILES string of the molecule is C[C@@H](NC(=O)c1ccc(-c2cnc(-c3cc4ccccc4cn3)[nH]2)cc1)c1ccc(F)cc1. The molecule has 2 heterocycles. The molecule has 6 heteroatoms. The Morgan fingerprint density at radius 3 is 2.39 bits per heavy atom. The molecule has 0 bridgehead atoms. The lowest BCUT2D eigenvalue weighted by Crippen LogP contribution is -2.26. The first-order valence-electron chi connectivity index (χ1n) is 10.6. The van der Waals surface area contributed by atoms with E-state index in [1.54, 1.807) is 30.5 Å². The van der Waals surface area contributed by atoms with E-state index < -0.39 is 0 Å². The summed E-state index contributed by atoms with van der Waals surface area (Å²) in [6, 6.07) is 23.3. The largest absolute Gasteiger partial charge is 0.346 e. The van der Waals surface area contributed by atoms with E-state index in [2.05, 4.69) is 20.3 Å². The Morgan fingerprint density at radius 1 is 0.909 bits per heavy atom. The normalized spacial score (nSPS) is 11.9. The van der Waals surface area contributed by atoms with Crippen molar-refractivity contribution in [3.63, 3.8) is 0 Å². The van der Waals surface area contributed by atoms with Crippen molar-refractivity contribution in [2.75, 3.05) is 0 Å². The van der Waals surface area contributed by atoms with Crippen LogP contribution >= 0.6 is 0 Å². The Bertz CT molecular complexity index is 1430. The van der Waals surface area contributed by atoms with E-state index in [9.17, 15) is 9.18 Å². The van der Waals surface area contributed by atoms with Gasteiger partial charge in [-0.15, -0.1) is 0 Å². The second-order valence-corrected chi connectivity index (χ2v) is 7.89. The standard InChI is InChI=1S/C27H21FN4O/c1-17(18-10-12-23(28)13-11-18)31-27(33)20-8-6-19(7-9-20)25-16-30-26(32-25)24-14-21-4-2-3-5-22(21)15-29-24/h2-17H,1H3,(H,30,32)(H,31,33)/t17-/m1/s1. The van der Waals surface area contributed by atoms with E-state index in [1.165, 1.54) is 12.1 Å². The third kappa shape index (κ3) is 4.36. The molecule has 5 aromatic rings. The van der Waals surface area contributed by atoms with Crippen molar-refractivity contribution in [3.05, 3.63) is 108 Å². The first kappa shape index (κ1) is 20.6. The molecule has 0 saturated carbocycles. The number of fused-ring (bicyclic) bond motifs is 1. The number of pyridine rings is 1. The van der Waals surface area contributed by atoms with Gasteiger partial charge in [-0.05, 0) is 53.8 Å². The zero-order valence-corrected chi connectivity index (χ0v) is 17.9. The van der Waals surface area contributed by atoms with Gasteiger partial charge in [0.15, 0.2) is 5.82 Å². The summed E-state index contributed by atoms with van der Waals surface area (Å²) in [6.45, 7) is 1.87. The second-order valence-electron chi connectivity index (χ2n) is 7.89. The number of amides is 1. The van der Waals surface area contributed by atoms with Gasteiger partial charge in [0.1, 0.15) is 11.5 Å². The van der Waals surface area contributed by atoms with Gasteiger partial charge in [-0.3, -0.25) is 9.78 Å². The first-order chi connectivity index (χ1) is 16.1. The number of benzene rings is 3. The summed E-state index contributed by atoms with van der Waals surface area (Å²) >= 11 is 0. The predicted molar refractivity (Wildman–Crippen MR) is 127 cm³/mol. The average Bonchev–Trinajstić information content (AvgIpc) is 3.34. The molecule has 1 amide bonds. The van der Waals surface area contributed by atoms with Crippen LogP contribution in [0.2, 0.25) is 0 Å². The van der Waals surface area contributed by atoms with Gasteiger partial charge in [-0.2, -0.15) is 0 Å². The minimum Gasteiger partial charge on any atom is -0.346 e. The summed E-state index contributed by atoms with van der Waals surface area (Å²) < 4.78 is 13.1. The molecule has 162 valence electrons. The van der Waals surface area contributed by atoms with Crippen LogP contribution in [0.3, 0.4) is 0 Å². The molecule has 0 spiro atoms. The fourth-order valence-corrected chi connectivity index (χ4v) is 3.73. The number of rotatable bonds is 5. The van der Waals surface area contributed by atoms with E-state index in [-0.39, 0.29) is 17.8 Å². The molecule has 0 aliphatic rings. The molecular weight excluding hydrogens is 415 g/mol. The van der Waals surface area contributed by atoms with E-state index in [4.69, 9.17) is 0 Å². The topological polar surface area (TPSA) is 70.7 Å². The number of aromatic nitrogens is 3. The molecule has 0 radical (unpaired) electrons. The molecule has 0 fully saturated rings. The molecule has 2 aromatic heterocycles. The van der Waals surface area contributed by atoms with Crippen LogP contribution in [0.25, 0.3) is 33.5 Å². The summed E-state index contributed by atoms with van der Waals surface area (Å²) in [4.78, 5) is 24.9. The Morgan fingerprint density at radius 2 is 1.64 bits per heavy atom. The van der Waals surface area contributed by atoms with Gasteiger partial charge < -0.3 is 10.3 Å². The van der Waals surface area contributed by atoms with Crippen molar-refractivity contribution < 1.29 is 9.18 Å². The van der Waals surface area contributed by atoms with Crippen LogP contribution in [0.1, 0.15) is 28.9 Å². The van der Waals surface area contributed by atoms with Crippen molar-refractivity contribution in [1.29, 1.82) is 0 Å². The van der Waals surface area contributed by atoms with Crippen LogP contribution in [-0.4, -0.2) is 20.9 Å². The van der Waals surface area contributed by atoms with Gasteiger partial charge in [0.25, 0.3) is 5.91 Å². The van der Waals surface area contributed by atoms with Crippen molar-refractivity contribution in [1.82, 2.24) is 20.3 Å². The Hall–Kier alpha value is -4.32. The fraction of sp³-hybridized carbons (Fsp3) is 0.0741. The monoisotopic (exact) mass is 436 g/mol. The van der Waals surface area contributed by atoms with Crippen LogP contribution in [0, 0.1) is 5.82 Å². The Balaban J connectivity index is 1.30. The van der Waals surface area contributed by atoms with Crippen molar-refractivity contribution in [2.45, 2.75) is 13.0 Å². The fourth-order valence-electron chi connectivity index (χ4n) is 3.73. The number of H-pyrrole nitrogens is 1. The molecule has 33 heavy (non-hydrogen) atoms. The quantitative estimate of drug-likeness (QED) is 0.359. The maximum Gasteiger partial charge on any atom is 0.251 e. The number of hydrogen-bond donors (Lipinski definition) is 2. The van der Waals surface area contributed by atoms with Crippen molar-refractivity contribution >= 4 is 16.7 Å². The number of halogens is 1. The number of nitrogens with zero attached hydrogens (tertiary/aromatic N) is 2. The summed E-state index contributed by atoms with van der Waals surface area (Å²) in [5, 5.41) is 5.12. The summed E-state index contributed by atoms with van der Waals surface area (Å²) in [7, 11) is 0. The highest BCUT2D eigenvalue weighted by Crippen LogP contribution is 2.24. The van der Waals surface area contributed by atoms with Crippen LogP contribution in [0.4, 0.5) is 4.39 Å². The van der Waals surface area contributed by atoms with E-state index in [0.717, 1.165) is 33.3 Å². The lowest BCUT2D eigenvalue weighted by Gasteiger charge is -2.14. The van der Waals surface area contributed by atoms with Gasteiger partial charge >= 0.3 is 0 Å². The minimum absolute atomic E-state index is 0.191. The molecule has 5 nitrogen and oxygen atoms in total. The third-order valence-electron chi connectivity index (χ3n) is 5.63. The van der Waals surface area contributed by atoms with Gasteiger partial charge in [0.05, 0.1) is 17.9 Å². The van der Waals surface area contributed by atoms with Crippen molar-refractivity contribution in [2.24, 2.45) is 0 Å². The van der Waals surface area contributed by atoms with Crippen molar-refractivity contribution in [3.8, 4) is 22.8 Å². The molecule has 2 N–H and O–H groups in total. The zero-order valence-electron chi connectivity index (χ0n) is 17.9.